The minimum absolute atomic E-state index is 0.197. The molecule has 1 atom stereocenters. The highest BCUT2D eigenvalue weighted by molar-refractivity contribution is 5.94. The zero-order chi connectivity index (χ0) is 15.5. The molecule has 6 heteroatoms. The lowest BCUT2D eigenvalue weighted by Gasteiger charge is -2.16. The lowest BCUT2D eigenvalue weighted by molar-refractivity contribution is -0.162. The topological polar surface area (TPSA) is 78.9 Å². The maximum Gasteiger partial charge on any atom is 0.320 e. The van der Waals surface area contributed by atoms with E-state index in [9.17, 15) is 14.4 Å². The fourth-order valence-electron chi connectivity index (χ4n) is 1.64. The van der Waals surface area contributed by atoms with Gasteiger partial charge in [0, 0.05) is 0 Å². The van der Waals surface area contributed by atoms with E-state index in [4.69, 9.17) is 14.2 Å². The van der Waals surface area contributed by atoms with Crippen molar-refractivity contribution in [3.63, 3.8) is 0 Å². The standard InChI is InChI=1S/C14H24O6/c1-5-18-12(15)10(4)8-9-11(13(16)19-6-2)14(17)20-7-3/h10-11H,5-9H2,1-4H3/t10-/m1/s1. The maximum atomic E-state index is 11.7. The summed E-state index contributed by atoms with van der Waals surface area (Å²) in [5, 5.41) is 0. The van der Waals surface area contributed by atoms with Gasteiger partial charge in [-0.2, -0.15) is 0 Å². The molecule has 0 radical (unpaired) electrons. The van der Waals surface area contributed by atoms with Gasteiger partial charge in [0.15, 0.2) is 5.92 Å². The highest BCUT2D eigenvalue weighted by atomic mass is 16.6. The Balaban J connectivity index is 4.53. The summed E-state index contributed by atoms with van der Waals surface area (Å²) in [5.74, 6) is -2.91. The Hall–Kier alpha value is -1.59. The molecule has 20 heavy (non-hydrogen) atoms. The van der Waals surface area contributed by atoms with E-state index in [1.807, 2.05) is 0 Å². The molecule has 116 valence electrons. The van der Waals surface area contributed by atoms with E-state index in [1.165, 1.54) is 0 Å². The number of hydrogen-bond acceptors (Lipinski definition) is 6. The van der Waals surface area contributed by atoms with Gasteiger partial charge < -0.3 is 14.2 Å². The first kappa shape index (κ1) is 18.4. The third kappa shape index (κ3) is 6.54. The number of rotatable bonds is 9. The number of esters is 3. The van der Waals surface area contributed by atoms with Gasteiger partial charge in [-0.1, -0.05) is 6.92 Å². The third-order valence-corrected chi connectivity index (χ3v) is 2.72. The van der Waals surface area contributed by atoms with Gasteiger partial charge >= 0.3 is 17.9 Å². The van der Waals surface area contributed by atoms with Crippen LogP contribution in [0.4, 0.5) is 0 Å². The second kappa shape index (κ2) is 10.2. The van der Waals surface area contributed by atoms with Crippen molar-refractivity contribution in [3.05, 3.63) is 0 Å². The van der Waals surface area contributed by atoms with E-state index in [0.717, 1.165) is 0 Å². The predicted molar refractivity (Wildman–Crippen MR) is 71.8 cm³/mol. The summed E-state index contributed by atoms with van der Waals surface area (Å²) >= 11 is 0. The summed E-state index contributed by atoms with van der Waals surface area (Å²) in [7, 11) is 0. The molecule has 0 aromatic heterocycles. The van der Waals surface area contributed by atoms with Crippen LogP contribution in [-0.2, 0) is 28.6 Å². The second-order valence-corrected chi connectivity index (χ2v) is 4.29. The largest absolute Gasteiger partial charge is 0.466 e. The minimum Gasteiger partial charge on any atom is -0.466 e. The number of ether oxygens (including phenoxy) is 3. The Morgan fingerprint density at radius 2 is 1.15 bits per heavy atom. The van der Waals surface area contributed by atoms with Gasteiger partial charge in [-0.05, 0) is 33.6 Å². The molecular formula is C14H24O6. The van der Waals surface area contributed by atoms with Gasteiger partial charge in [0.2, 0.25) is 0 Å². The quantitative estimate of drug-likeness (QED) is 0.365. The first-order valence-electron chi connectivity index (χ1n) is 6.97. The average Bonchev–Trinajstić information content (AvgIpc) is 2.39. The van der Waals surface area contributed by atoms with Crippen LogP contribution in [0.15, 0.2) is 0 Å². The number of carbonyl (C=O) groups is 3. The Morgan fingerprint density at radius 1 is 0.750 bits per heavy atom. The third-order valence-electron chi connectivity index (χ3n) is 2.72. The van der Waals surface area contributed by atoms with E-state index in [1.54, 1.807) is 27.7 Å². The molecule has 0 bridgehead atoms. The van der Waals surface area contributed by atoms with Gasteiger partial charge in [-0.25, -0.2) is 0 Å². The lowest BCUT2D eigenvalue weighted by atomic mass is 9.97. The maximum absolute atomic E-state index is 11.7. The summed E-state index contributed by atoms with van der Waals surface area (Å²) in [6.45, 7) is 7.46. The molecule has 0 aromatic rings. The highest BCUT2D eigenvalue weighted by Crippen LogP contribution is 2.17. The Morgan fingerprint density at radius 3 is 1.55 bits per heavy atom. The fraction of sp³-hybridized carbons (Fsp3) is 0.786. The monoisotopic (exact) mass is 288 g/mol. The molecule has 0 rings (SSSR count). The Kier molecular flexibility index (Phi) is 9.41. The molecule has 0 aliphatic rings. The van der Waals surface area contributed by atoms with Crippen LogP contribution in [-0.4, -0.2) is 37.7 Å². The highest BCUT2D eigenvalue weighted by Gasteiger charge is 2.30. The summed E-state index contributed by atoms with van der Waals surface area (Å²) in [5.41, 5.74) is 0. The zero-order valence-electron chi connectivity index (χ0n) is 12.6. The van der Waals surface area contributed by atoms with Crippen LogP contribution < -0.4 is 0 Å². The van der Waals surface area contributed by atoms with E-state index >= 15 is 0 Å². The van der Waals surface area contributed by atoms with Crippen LogP contribution in [0.25, 0.3) is 0 Å². The lowest BCUT2D eigenvalue weighted by Crippen LogP contribution is -2.29. The smallest absolute Gasteiger partial charge is 0.320 e. The van der Waals surface area contributed by atoms with E-state index in [0.29, 0.717) is 13.0 Å². The van der Waals surface area contributed by atoms with Crippen molar-refractivity contribution >= 4 is 17.9 Å². The van der Waals surface area contributed by atoms with Crippen LogP contribution in [0, 0.1) is 11.8 Å². The number of hydrogen-bond donors (Lipinski definition) is 0. The van der Waals surface area contributed by atoms with Crippen LogP contribution in [0.3, 0.4) is 0 Å². The molecular weight excluding hydrogens is 264 g/mol. The van der Waals surface area contributed by atoms with Gasteiger partial charge in [0.25, 0.3) is 0 Å². The average molecular weight is 288 g/mol. The van der Waals surface area contributed by atoms with Crippen molar-refractivity contribution in [1.29, 1.82) is 0 Å². The van der Waals surface area contributed by atoms with E-state index in [2.05, 4.69) is 0 Å². The molecule has 0 aromatic carbocycles. The van der Waals surface area contributed by atoms with Gasteiger partial charge in [0.1, 0.15) is 0 Å². The summed E-state index contributed by atoms with van der Waals surface area (Å²) in [6.07, 6.45) is 0.568. The molecule has 0 heterocycles. The molecule has 0 saturated heterocycles. The van der Waals surface area contributed by atoms with Gasteiger partial charge in [-0.3, -0.25) is 14.4 Å². The van der Waals surface area contributed by atoms with Crippen LogP contribution >= 0.6 is 0 Å². The first-order valence-corrected chi connectivity index (χ1v) is 6.97. The molecule has 0 aliphatic heterocycles. The second-order valence-electron chi connectivity index (χ2n) is 4.29. The molecule has 0 amide bonds. The summed E-state index contributed by atoms with van der Waals surface area (Å²) in [6, 6.07) is 0. The van der Waals surface area contributed by atoms with Crippen molar-refractivity contribution in [2.75, 3.05) is 19.8 Å². The van der Waals surface area contributed by atoms with Crippen LogP contribution in [0.1, 0.15) is 40.5 Å². The number of carbonyl (C=O) groups excluding carboxylic acids is 3. The van der Waals surface area contributed by atoms with Gasteiger partial charge in [-0.15, -0.1) is 0 Å². The Labute approximate surface area is 119 Å². The Bertz CT molecular complexity index is 308. The molecule has 0 aliphatic carbocycles. The van der Waals surface area contributed by atoms with Crippen molar-refractivity contribution in [1.82, 2.24) is 0 Å². The van der Waals surface area contributed by atoms with E-state index < -0.39 is 17.9 Å². The molecule has 0 spiro atoms. The normalized spacial score (nSPS) is 11.8. The molecule has 0 fully saturated rings. The molecule has 0 unspecified atom stereocenters. The van der Waals surface area contributed by atoms with Gasteiger partial charge in [0.05, 0.1) is 25.7 Å². The minimum atomic E-state index is -0.980. The summed E-state index contributed by atoms with van der Waals surface area (Å²) in [4.78, 5) is 34.9. The van der Waals surface area contributed by atoms with Crippen molar-refractivity contribution in [2.24, 2.45) is 11.8 Å². The van der Waals surface area contributed by atoms with Crippen LogP contribution in [0.5, 0.6) is 0 Å². The molecule has 0 N–H and O–H groups in total. The molecule has 0 saturated carbocycles. The van der Waals surface area contributed by atoms with Crippen molar-refractivity contribution in [3.8, 4) is 0 Å². The molecule has 6 nitrogen and oxygen atoms in total. The zero-order valence-corrected chi connectivity index (χ0v) is 12.6. The van der Waals surface area contributed by atoms with Crippen molar-refractivity contribution in [2.45, 2.75) is 40.5 Å². The first-order chi connectivity index (χ1) is 9.47. The SMILES string of the molecule is CCOC(=O)C(CC[C@@H](C)C(=O)OCC)C(=O)OCC. The van der Waals surface area contributed by atoms with E-state index in [-0.39, 0.29) is 31.5 Å². The van der Waals surface area contributed by atoms with Crippen LogP contribution in [0.2, 0.25) is 0 Å². The fourth-order valence-corrected chi connectivity index (χ4v) is 1.64. The van der Waals surface area contributed by atoms with Crippen molar-refractivity contribution < 1.29 is 28.6 Å². The predicted octanol–water partition coefficient (Wildman–Crippen LogP) is 1.71. The summed E-state index contributed by atoms with van der Waals surface area (Å²) < 4.78 is 14.6.